The summed E-state index contributed by atoms with van der Waals surface area (Å²) in [5.41, 5.74) is 0.916. The standard InChI is InChI=1S/C20H26N6O2/c27-20(26-13-11-25(12-14-26)19-22-9-4-10-23-19)24-15-16-5-3-8-21-18(16)28-17-6-1-2-7-17/h3-5,8-10,17H,1-2,6-7,11-15H2,(H,24,27). The Hall–Kier alpha value is -2.90. The normalized spacial score (nSPS) is 17.6. The predicted molar refractivity (Wildman–Crippen MR) is 105 cm³/mol. The van der Waals surface area contributed by atoms with Crippen molar-refractivity contribution in [1.82, 2.24) is 25.2 Å². The zero-order valence-corrected chi connectivity index (χ0v) is 16.0. The Bertz CT molecular complexity index is 773. The fraction of sp³-hybridized carbons (Fsp3) is 0.500. The fourth-order valence-electron chi connectivity index (χ4n) is 3.68. The molecule has 1 aliphatic heterocycles. The molecule has 0 radical (unpaired) electrons. The maximum absolute atomic E-state index is 12.6. The Morgan fingerprint density at radius 1 is 1.04 bits per heavy atom. The third-order valence-corrected chi connectivity index (χ3v) is 5.26. The lowest BCUT2D eigenvalue weighted by molar-refractivity contribution is 0.191. The van der Waals surface area contributed by atoms with Gasteiger partial charge in [-0.15, -0.1) is 0 Å². The molecule has 1 saturated carbocycles. The summed E-state index contributed by atoms with van der Waals surface area (Å²) in [7, 11) is 0. The van der Waals surface area contributed by atoms with E-state index in [9.17, 15) is 4.79 Å². The number of rotatable bonds is 5. The lowest BCUT2D eigenvalue weighted by atomic mass is 10.2. The smallest absolute Gasteiger partial charge is 0.317 e. The number of nitrogens with one attached hydrogen (secondary N) is 1. The van der Waals surface area contributed by atoms with Crippen molar-refractivity contribution in [1.29, 1.82) is 0 Å². The SMILES string of the molecule is O=C(NCc1cccnc1OC1CCCC1)N1CCN(c2ncccn2)CC1. The molecule has 2 fully saturated rings. The van der Waals surface area contributed by atoms with Gasteiger partial charge in [0.05, 0.1) is 0 Å². The number of anilines is 1. The molecule has 148 valence electrons. The van der Waals surface area contributed by atoms with Gasteiger partial charge in [0.15, 0.2) is 0 Å². The van der Waals surface area contributed by atoms with Gasteiger partial charge in [-0.25, -0.2) is 19.7 Å². The van der Waals surface area contributed by atoms with E-state index < -0.39 is 0 Å². The van der Waals surface area contributed by atoms with Crippen LogP contribution in [0.4, 0.5) is 10.7 Å². The molecule has 4 rings (SSSR count). The number of nitrogens with zero attached hydrogens (tertiary/aromatic N) is 5. The van der Waals surface area contributed by atoms with Crippen LogP contribution in [-0.4, -0.2) is 58.2 Å². The molecule has 3 heterocycles. The Labute approximate surface area is 164 Å². The highest BCUT2D eigenvalue weighted by atomic mass is 16.5. The van der Waals surface area contributed by atoms with Gasteiger partial charge >= 0.3 is 6.03 Å². The molecule has 1 N–H and O–H groups in total. The van der Waals surface area contributed by atoms with E-state index in [0.29, 0.717) is 31.5 Å². The number of hydrogen-bond donors (Lipinski definition) is 1. The molecule has 8 nitrogen and oxygen atoms in total. The third kappa shape index (κ3) is 4.49. The maximum atomic E-state index is 12.6. The van der Waals surface area contributed by atoms with Crippen LogP contribution in [0.15, 0.2) is 36.8 Å². The van der Waals surface area contributed by atoms with Crippen LogP contribution in [0, 0.1) is 0 Å². The number of pyridine rings is 1. The van der Waals surface area contributed by atoms with Crippen LogP contribution in [0.1, 0.15) is 31.2 Å². The summed E-state index contributed by atoms with van der Waals surface area (Å²) in [5, 5.41) is 3.01. The van der Waals surface area contributed by atoms with Gasteiger partial charge in [0, 0.05) is 56.9 Å². The van der Waals surface area contributed by atoms with E-state index in [1.165, 1.54) is 12.8 Å². The van der Waals surface area contributed by atoms with Crippen LogP contribution in [0.5, 0.6) is 5.88 Å². The monoisotopic (exact) mass is 382 g/mol. The summed E-state index contributed by atoms with van der Waals surface area (Å²) in [6, 6.07) is 5.57. The zero-order valence-electron chi connectivity index (χ0n) is 16.0. The molecule has 2 aromatic heterocycles. The van der Waals surface area contributed by atoms with Crippen molar-refractivity contribution in [2.45, 2.75) is 38.3 Å². The van der Waals surface area contributed by atoms with Gasteiger partial charge in [-0.3, -0.25) is 0 Å². The average Bonchev–Trinajstić information content (AvgIpc) is 3.27. The molecule has 0 unspecified atom stereocenters. The van der Waals surface area contributed by atoms with Gasteiger partial charge in [-0.1, -0.05) is 6.07 Å². The molecule has 2 amide bonds. The van der Waals surface area contributed by atoms with Crippen molar-refractivity contribution < 1.29 is 9.53 Å². The van der Waals surface area contributed by atoms with E-state index in [0.717, 1.165) is 31.5 Å². The van der Waals surface area contributed by atoms with E-state index in [-0.39, 0.29) is 12.1 Å². The summed E-state index contributed by atoms with van der Waals surface area (Å²) in [6.45, 7) is 3.14. The average molecular weight is 382 g/mol. The van der Waals surface area contributed by atoms with Crippen molar-refractivity contribution in [3.63, 3.8) is 0 Å². The van der Waals surface area contributed by atoms with E-state index in [4.69, 9.17) is 4.74 Å². The van der Waals surface area contributed by atoms with Crippen molar-refractivity contribution >= 4 is 12.0 Å². The summed E-state index contributed by atoms with van der Waals surface area (Å²) in [5.74, 6) is 1.35. The number of carbonyl (C=O) groups excluding carboxylic acids is 1. The van der Waals surface area contributed by atoms with Crippen molar-refractivity contribution in [3.05, 3.63) is 42.4 Å². The van der Waals surface area contributed by atoms with Crippen molar-refractivity contribution in [2.75, 3.05) is 31.1 Å². The highest BCUT2D eigenvalue weighted by molar-refractivity contribution is 5.74. The fourth-order valence-corrected chi connectivity index (χ4v) is 3.68. The topological polar surface area (TPSA) is 83.5 Å². The van der Waals surface area contributed by atoms with Crippen LogP contribution >= 0.6 is 0 Å². The first-order chi connectivity index (χ1) is 13.8. The zero-order chi connectivity index (χ0) is 19.2. The number of hydrogen-bond acceptors (Lipinski definition) is 6. The minimum atomic E-state index is -0.0655. The lowest BCUT2D eigenvalue weighted by Gasteiger charge is -2.34. The molecule has 1 aliphatic carbocycles. The highest BCUT2D eigenvalue weighted by Crippen LogP contribution is 2.25. The minimum absolute atomic E-state index is 0.0655. The van der Waals surface area contributed by atoms with Gasteiger partial charge in [0.2, 0.25) is 11.8 Å². The molecule has 0 bridgehead atoms. The van der Waals surface area contributed by atoms with Gasteiger partial charge < -0.3 is 19.9 Å². The largest absolute Gasteiger partial charge is 0.474 e. The Morgan fingerprint density at radius 2 is 1.75 bits per heavy atom. The summed E-state index contributed by atoms with van der Waals surface area (Å²) >= 11 is 0. The van der Waals surface area contributed by atoms with Crippen LogP contribution in [0.3, 0.4) is 0 Å². The first-order valence-electron chi connectivity index (χ1n) is 9.95. The van der Waals surface area contributed by atoms with Gasteiger partial charge in [-0.05, 0) is 37.8 Å². The van der Waals surface area contributed by atoms with Crippen LogP contribution in [0.2, 0.25) is 0 Å². The molecule has 28 heavy (non-hydrogen) atoms. The molecule has 1 saturated heterocycles. The second-order valence-electron chi connectivity index (χ2n) is 7.17. The van der Waals surface area contributed by atoms with Crippen molar-refractivity contribution in [2.24, 2.45) is 0 Å². The first-order valence-corrected chi connectivity index (χ1v) is 9.95. The summed E-state index contributed by atoms with van der Waals surface area (Å²) in [4.78, 5) is 29.4. The quantitative estimate of drug-likeness (QED) is 0.854. The van der Waals surface area contributed by atoms with E-state index >= 15 is 0 Å². The molecule has 2 aliphatic rings. The molecule has 0 spiro atoms. The molecular formula is C20H26N6O2. The van der Waals surface area contributed by atoms with Gasteiger partial charge in [-0.2, -0.15) is 0 Å². The highest BCUT2D eigenvalue weighted by Gasteiger charge is 2.23. The van der Waals surface area contributed by atoms with Crippen LogP contribution < -0.4 is 15.0 Å². The second kappa shape index (κ2) is 8.86. The number of carbonyl (C=O) groups is 1. The Kier molecular flexibility index (Phi) is 5.84. The Balaban J connectivity index is 1.28. The number of ether oxygens (including phenoxy) is 1. The van der Waals surface area contributed by atoms with Crippen LogP contribution in [0.25, 0.3) is 0 Å². The molecule has 2 aromatic rings. The van der Waals surface area contributed by atoms with Gasteiger partial charge in [0.25, 0.3) is 0 Å². The number of aromatic nitrogens is 3. The first kappa shape index (κ1) is 18.5. The summed E-state index contributed by atoms with van der Waals surface area (Å²) in [6.07, 6.45) is 10.0. The number of urea groups is 1. The van der Waals surface area contributed by atoms with Crippen LogP contribution in [-0.2, 0) is 6.54 Å². The molecule has 0 aromatic carbocycles. The molecular weight excluding hydrogens is 356 g/mol. The minimum Gasteiger partial charge on any atom is -0.474 e. The van der Waals surface area contributed by atoms with E-state index in [1.54, 1.807) is 24.7 Å². The Morgan fingerprint density at radius 3 is 2.50 bits per heavy atom. The van der Waals surface area contributed by atoms with E-state index in [2.05, 4.69) is 25.2 Å². The summed E-state index contributed by atoms with van der Waals surface area (Å²) < 4.78 is 6.05. The van der Waals surface area contributed by atoms with Gasteiger partial charge in [0.1, 0.15) is 6.10 Å². The lowest BCUT2D eigenvalue weighted by Crippen LogP contribution is -2.52. The van der Waals surface area contributed by atoms with E-state index in [1.807, 2.05) is 17.0 Å². The maximum Gasteiger partial charge on any atom is 0.317 e. The van der Waals surface area contributed by atoms with Crippen molar-refractivity contribution in [3.8, 4) is 5.88 Å². The predicted octanol–water partition coefficient (Wildman–Crippen LogP) is 2.22. The number of amides is 2. The number of piperazine rings is 1. The molecule has 0 atom stereocenters. The molecule has 8 heteroatoms. The second-order valence-corrected chi connectivity index (χ2v) is 7.17. The third-order valence-electron chi connectivity index (χ3n) is 5.26.